The van der Waals surface area contributed by atoms with E-state index >= 15 is 0 Å². The van der Waals surface area contributed by atoms with Gasteiger partial charge >= 0.3 is 36.0 Å². The van der Waals surface area contributed by atoms with Gasteiger partial charge in [-0.3, -0.25) is 24.0 Å². The summed E-state index contributed by atoms with van der Waals surface area (Å²) in [7, 11) is 1.20. The molecule has 256 valence electrons. The molecule has 1 amide bonds. The maximum absolute atomic E-state index is 13.6. The summed E-state index contributed by atoms with van der Waals surface area (Å²) in [6, 6.07) is -1.56. The second kappa shape index (κ2) is 14.1. The summed E-state index contributed by atoms with van der Waals surface area (Å²) in [5.41, 5.74) is 0. The quantitative estimate of drug-likeness (QED) is 0.262. The molecule has 19 heteroatoms. The Kier molecular flexibility index (Phi) is 11.4. The number of carbonyl (C=O) groups excluding carboxylic acids is 5. The molecule has 0 aromatic heterocycles. The Morgan fingerprint density at radius 1 is 0.800 bits per heavy atom. The number of hydrogen-bond acceptors (Lipinski definition) is 15. The van der Waals surface area contributed by atoms with Crippen LogP contribution in [0.4, 0.5) is 13.2 Å². The van der Waals surface area contributed by atoms with Crippen molar-refractivity contribution in [3.63, 3.8) is 0 Å². The lowest BCUT2D eigenvalue weighted by atomic mass is 9.94. The average Bonchev–Trinajstić information content (AvgIpc) is 2.89. The highest BCUT2D eigenvalue weighted by molar-refractivity contribution is 5.81. The fraction of sp³-hybridized carbons (Fsp3) is 0.808. The van der Waals surface area contributed by atoms with E-state index in [0.29, 0.717) is 0 Å². The number of hydrogen-bond donors (Lipinski definition) is 0. The molecule has 0 radical (unpaired) electrons. The normalized spacial score (nSPS) is 34.6. The van der Waals surface area contributed by atoms with E-state index in [0.717, 1.165) is 27.7 Å². The number of amides is 1. The Morgan fingerprint density at radius 2 is 1.36 bits per heavy atom. The molecule has 0 aromatic carbocycles. The number of ether oxygens (including phenoxy) is 9. The lowest BCUT2D eigenvalue weighted by Crippen LogP contribution is -2.73. The SMILES string of the molecule is CO[C@H]1O[C@H](C)[C@@H]2[C@H](OC(C)(C)ON2C(=O)C(F)(F)F)[C@H]1O[C@@H]1O[C@H](COC(C)=O)[C@@H](OC(C)=O)[C@H](OC(C)=O)[C@H]1OC(C)=O. The summed E-state index contributed by atoms with van der Waals surface area (Å²) in [5, 5.41) is 0.105. The van der Waals surface area contributed by atoms with Crippen molar-refractivity contribution in [1.82, 2.24) is 5.06 Å². The minimum Gasteiger partial charge on any atom is -0.463 e. The largest absolute Gasteiger partial charge is 0.473 e. The molecule has 0 bridgehead atoms. The van der Waals surface area contributed by atoms with Gasteiger partial charge in [-0.05, 0) is 20.8 Å². The van der Waals surface area contributed by atoms with Crippen LogP contribution in [0.15, 0.2) is 0 Å². The second-order valence-corrected chi connectivity index (χ2v) is 10.8. The number of halogens is 3. The first-order valence-electron chi connectivity index (χ1n) is 13.7. The van der Waals surface area contributed by atoms with Gasteiger partial charge in [0.1, 0.15) is 31.0 Å². The van der Waals surface area contributed by atoms with Gasteiger partial charge in [0.05, 0.1) is 6.10 Å². The van der Waals surface area contributed by atoms with Gasteiger partial charge in [-0.1, -0.05) is 0 Å². The van der Waals surface area contributed by atoms with E-state index in [2.05, 4.69) is 0 Å². The summed E-state index contributed by atoms with van der Waals surface area (Å²) in [6.45, 7) is 7.47. The summed E-state index contributed by atoms with van der Waals surface area (Å²) >= 11 is 0. The van der Waals surface area contributed by atoms with Crippen LogP contribution in [0, 0.1) is 0 Å². The third kappa shape index (κ3) is 8.79. The average molecular weight is 660 g/mol. The molecule has 3 heterocycles. The summed E-state index contributed by atoms with van der Waals surface area (Å²) in [4.78, 5) is 65.7. The molecular weight excluding hydrogens is 623 g/mol. The van der Waals surface area contributed by atoms with Crippen LogP contribution in [0.2, 0.25) is 0 Å². The third-order valence-corrected chi connectivity index (χ3v) is 6.68. The monoisotopic (exact) mass is 659 g/mol. The van der Waals surface area contributed by atoms with Crippen molar-refractivity contribution in [2.75, 3.05) is 13.7 Å². The van der Waals surface area contributed by atoms with E-state index in [9.17, 15) is 37.1 Å². The van der Waals surface area contributed by atoms with Gasteiger partial charge in [0.15, 0.2) is 36.7 Å². The van der Waals surface area contributed by atoms with Crippen molar-refractivity contribution < 1.29 is 84.6 Å². The van der Waals surface area contributed by atoms with E-state index in [4.69, 9.17) is 47.5 Å². The van der Waals surface area contributed by atoms with Crippen LogP contribution in [0.5, 0.6) is 0 Å². The fourth-order valence-corrected chi connectivity index (χ4v) is 5.18. The minimum absolute atomic E-state index is 0.105. The third-order valence-electron chi connectivity index (χ3n) is 6.68. The zero-order valence-corrected chi connectivity index (χ0v) is 25.7. The highest BCUT2D eigenvalue weighted by atomic mass is 19.4. The zero-order valence-electron chi connectivity index (χ0n) is 25.7. The number of methoxy groups -OCH3 is 1. The second-order valence-electron chi connectivity index (χ2n) is 10.8. The smallest absolute Gasteiger partial charge is 0.463 e. The first kappa shape index (κ1) is 36.4. The number of carbonyl (C=O) groups is 5. The highest BCUT2D eigenvalue weighted by Crippen LogP contribution is 2.41. The number of hydroxylamine groups is 2. The van der Waals surface area contributed by atoms with Crippen molar-refractivity contribution in [1.29, 1.82) is 0 Å². The van der Waals surface area contributed by atoms with Gasteiger partial charge < -0.3 is 42.6 Å². The van der Waals surface area contributed by atoms with E-state index in [1.54, 1.807) is 0 Å². The highest BCUT2D eigenvalue weighted by Gasteiger charge is 2.61. The van der Waals surface area contributed by atoms with Gasteiger partial charge in [0.2, 0.25) is 0 Å². The van der Waals surface area contributed by atoms with Crippen molar-refractivity contribution in [3.8, 4) is 0 Å². The molecule has 3 aliphatic heterocycles. The van der Waals surface area contributed by atoms with Crippen molar-refractivity contribution >= 4 is 29.8 Å². The number of esters is 4. The van der Waals surface area contributed by atoms with Crippen LogP contribution in [-0.4, -0.2) is 122 Å². The maximum Gasteiger partial charge on any atom is 0.473 e. The molecule has 16 nitrogen and oxygen atoms in total. The Bertz CT molecular complexity index is 1130. The standard InChI is InChI=1S/C26H36F3NO15/c1-10-16-18(44-25(6,7)45-30(16)24(35)26(27,28)29)20(22(36-8)38-10)43-23-21(41-14(5)34)19(40-13(4)33)17(39-12(3)32)15(42-23)9-37-11(2)31/h10,15-23H,9H2,1-8H3/t10-,15-,16-,17-,18+,19+,20-,21-,22+,23+/m1/s1. The predicted molar refractivity (Wildman–Crippen MR) is 135 cm³/mol. The lowest BCUT2D eigenvalue weighted by Gasteiger charge is -2.55. The van der Waals surface area contributed by atoms with Gasteiger partial charge in [0.25, 0.3) is 0 Å². The van der Waals surface area contributed by atoms with Crippen LogP contribution in [-0.2, 0) is 71.4 Å². The first-order valence-corrected chi connectivity index (χ1v) is 13.7. The minimum atomic E-state index is -5.34. The molecular formula is C26H36F3NO15. The summed E-state index contributed by atoms with van der Waals surface area (Å²) in [5.74, 6) is -7.60. The van der Waals surface area contributed by atoms with Gasteiger partial charge in [0, 0.05) is 34.8 Å². The van der Waals surface area contributed by atoms with Crippen molar-refractivity contribution in [2.45, 2.75) is 122 Å². The molecule has 3 rings (SSSR count). The molecule has 10 atom stereocenters. The molecule has 0 N–H and O–H groups in total. The molecule has 0 aromatic rings. The van der Waals surface area contributed by atoms with Gasteiger partial charge in [-0.25, -0.2) is 9.90 Å². The molecule has 3 fully saturated rings. The van der Waals surface area contributed by atoms with Crippen LogP contribution in [0.25, 0.3) is 0 Å². The summed E-state index contributed by atoms with van der Waals surface area (Å²) in [6.07, 6.45) is -18.8. The van der Waals surface area contributed by atoms with E-state index in [-0.39, 0.29) is 5.06 Å². The summed E-state index contributed by atoms with van der Waals surface area (Å²) < 4.78 is 91.2. The van der Waals surface area contributed by atoms with Crippen LogP contribution in [0.3, 0.4) is 0 Å². The first-order chi connectivity index (χ1) is 20.7. The topological polar surface area (TPSA) is 181 Å². The fourth-order valence-electron chi connectivity index (χ4n) is 5.18. The molecule has 0 aliphatic carbocycles. The number of rotatable bonds is 8. The molecule has 0 spiro atoms. The van der Waals surface area contributed by atoms with E-state index in [1.807, 2.05) is 0 Å². The number of fused-ring (bicyclic) bond motifs is 1. The van der Waals surface area contributed by atoms with Crippen molar-refractivity contribution in [3.05, 3.63) is 0 Å². The Balaban J connectivity index is 2.10. The van der Waals surface area contributed by atoms with Crippen LogP contribution >= 0.6 is 0 Å². The number of alkyl halides is 3. The Morgan fingerprint density at radius 3 is 1.87 bits per heavy atom. The molecule has 45 heavy (non-hydrogen) atoms. The van der Waals surface area contributed by atoms with Crippen LogP contribution < -0.4 is 0 Å². The lowest BCUT2D eigenvalue weighted by molar-refractivity contribution is -0.448. The van der Waals surface area contributed by atoms with E-state index < -0.39 is 110 Å². The van der Waals surface area contributed by atoms with Crippen molar-refractivity contribution in [2.24, 2.45) is 0 Å². The molecule has 3 saturated heterocycles. The van der Waals surface area contributed by atoms with Gasteiger partial charge in [-0.15, -0.1) is 0 Å². The Labute approximate surface area is 255 Å². The number of nitrogens with zero attached hydrogens (tertiary/aromatic N) is 1. The molecule has 3 aliphatic rings. The Hall–Kier alpha value is -3.10. The van der Waals surface area contributed by atoms with Crippen LogP contribution in [0.1, 0.15) is 48.5 Å². The predicted octanol–water partition coefficient (Wildman–Crippen LogP) is 0.672. The zero-order chi connectivity index (χ0) is 34.0. The van der Waals surface area contributed by atoms with Gasteiger partial charge in [-0.2, -0.15) is 13.2 Å². The molecule has 0 unspecified atom stereocenters. The van der Waals surface area contributed by atoms with E-state index in [1.165, 1.54) is 27.9 Å². The molecule has 0 saturated carbocycles. The maximum atomic E-state index is 13.6.